The van der Waals surface area contributed by atoms with Gasteiger partial charge in [-0.1, -0.05) is 0 Å². The molecule has 0 saturated carbocycles. The van der Waals surface area contributed by atoms with Gasteiger partial charge in [0.05, 0.1) is 17.6 Å². The standard InChI is InChI=1S/C16H23N3O4/c1-17-8-5-12-6-9-18(10-7-12)16(20)14-11-13(19(21)22)3-4-15(14)23-2/h3-4,11-12,17H,5-10H2,1-2H3. The minimum atomic E-state index is -0.500. The molecule has 2 rings (SSSR count). The lowest BCUT2D eigenvalue weighted by atomic mass is 9.93. The molecule has 1 aliphatic rings. The normalized spacial score (nSPS) is 15.5. The summed E-state index contributed by atoms with van der Waals surface area (Å²) in [5.74, 6) is 0.800. The molecule has 23 heavy (non-hydrogen) atoms. The summed E-state index contributed by atoms with van der Waals surface area (Å²) in [6.45, 7) is 2.34. The molecule has 0 radical (unpaired) electrons. The van der Waals surface area contributed by atoms with Crippen LogP contribution in [-0.2, 0) is 0 Å². The van der Waals surface area contributed by atoms with Gasteiger partial charge in [-0.05, 0) is 44.8 Å². The Labute approximate surface area is 135 Å². The van der Waals surface area contributed by atoms with Gasteiger partial charge in [-0.15, -0.1) is 0 Å². The molecule has 0 bridgehead atoms. The van der Waals surface area contributed by atoms with Crippen LogP contribution in [0.15, 0.2) is 18.2 Å². The number of likely N-dealkylation sites (tertiary alicyclic amines) is 1. The highest BCUT2D eigenvalue weighted by Crippen LogP contribution is 2.27. The number of hydrogen-bond acceptors (Lipinski definition) is 5. The summed E-state index contributed by atoms with van der Waals surface area (Å²) in [5, 5.41) is 14.1. The highest BCUT2D eigenvalue weighted by Gasteiger charge is 2.26. The van der Waals surface area contributed by atoms with E-state index in [1.165, 1.54) is 25.3 Å². The van der Waals surface area contributed by atoms with E-state index >= 15 is 0 Å². The van der Waals surface area contributed by atoms with Gasteiger partial charge in [0, 0.05) is 25.2 Å². The quantitative estimate of drug-likeness (QED) is 0.640. The molecule has 1 fully saturated rings. The molecule has 1 aromatic carbocycles. The van der Waals surface area contributed by atoms with Crippen molar-refractivity contribution in [3.05, 3.63) is 33.9 Å². The maximum Gasteiger partial charge on any atom is 0.270 e. The predicted octanol–water partition coefficient (Wildman–Crippen LogP) is 2.07. The zero-order valence-corrected chi connectivity index (χ0v) is 13.6. The number of rotatable bonds is 6. The van der Waals surface area contributed by atoms with Crippen LogP contribution >= 0.6 is 0 Å². The van der Waals surface area contributed by atoms with Gasteiger partial charge in [-0.3, -0.25) is 14.9 Å². The van der Waals surface area contributed by atoms with Gasteiger partial charge in [-0.25, -0.2) is 0 Å². The Morgan fingerprint density at radius 1 is 1.43 bits per heavy atom. The fourth-order valence-electron chi connectivity index (χ4n) is 2.92. The number of nitrogens with zero attached hydrogens (tertiary/aromatic N) is 2. The smallest absolute Gasteiger partial charge is 0.270 e. The number of nitrogens with one attached hydrogen (secondary N) is 1. The Morgan fingerprint density at radius 3 is 2.70 bits per heavy atom. The maximum atomic E-state index is 12.7. The Balaban J connectivity index is 2.08. The number of nitro benzene ring substituents is 1. The zero-order valence-electron chi connectivity index (χ0n) is 13.6. The molecule has 126 valence electrons. The Kier molecular flexibility index (Phi) is 5.92. The molecule has 0 spiro atoms. The second-order valence-corrected chi connectivity index (χ2v) is 5.77. The molecular formula is C16H23N3O4. The Morgan fingerprint density at radius 2 is 2.13 bits per heavy atom. The molecule has 7 nitrogen and oxygen atoms in total. The lowest BCUT2D eigenvalue weighted by molar-refractivity contribution is -0.384. The number of benzene rings is 1. The van der Waals surface area contributed by atoms with Crippen molar-refractivity contribution in [2.75, 3.05) is 33.8 Å². The molecule has 0 atom stereocenters. The van der Waals surface area contributed by atoms with Crippen molar-refractivity contribution < 1.29 is 14.5 Å². The van der Waals surface area contributed by atoms with Crippen LogP contribution in [0.1, 0.15) is 29.6 Å². The largest absolute Gasteiger partial charge is 0.496 e. The van der Waals surface area contributed by atoms with E-state index in [0.29, 0.717) is 24.8 Å². The number of hydrogen-bond donors (Lipinski definition) is 1. The van der Waals surface area contributed by atoms with Crippen molar-refractivity contribution in [3.63, 3.8) is 0 Å². The van der Waals surface area contributed by atoms with Crippen LogP contribution in [0.25, 0.3) is 0 Å². The van der Waals surface area contributed by atoms with E-state index < -0.39 is 4.92 Å². The Hall–Kier alpha value is -2.15. The second-order valence-electron chi connectivity index (χ2n) is 5.77. The Bertz CT molecular complexity index is 568. The summed E-state index contributed by atoms with van der Waals surface area (Å²) in [4.78, 5) is 24.9. The summed E-state index contributed by atoms with van der Waals surface area (Å²) in [6.07, 6.45) is 3.04. The second kappa shape index (κ2) is 7.92. The van der Waals surface area contributed by atoms with Gasteiger partial charge in [-0.2, -0.15) is 0 Å². The number of piperidine rings is 1. The average molecular weight is 321 g/mol. The van der Waals surface area contributed by atoms with Crippen molar-refractivity contribution in [2.24, 2.45) is 5.92 Å². The molecule has 1 aliphatic heterocycles. The summed E-state index contributed by atoms with van der Waals surface area (Å²) >= 11 is 0. The monoisotopic (exact) mass is 321 g/mol. The van der Waals surface area contributed by atoms with E-state index in [1.807, 2.05) is 7.05 Å². The topological polar surface area (TPSA) is 84.7 Å². The van der Waals surface area contributed by atoms with Crippen LogP contribution in [0.2, 0.25) is 0 Å². The number of methoxy groups -OCH3 is 1. The van der Waals surface area contributed by atoms with Crippen LogP contribution in [0, 0.1) is 16.0 Å². The van der Waals surface area contributed by atoms with Gasteiger partial charge < -0.3 is 15.0 Å². The number of carbonyl (C=O) groups excluding carboxylic acids is 1. The molecule has 0 aromatic heterocycles. The molecule has 1 amide bonds. The van der Waals surface area contributed by atoms with Gasteiger partial charge >= 0.3 is 0 Å². The van der Waals surface area contributed by atoms with Crippen molar-refractivity contribution in [2.45, 2.75) is 19.3 Å². The number of ether oxygens (including phenoxy) is 1. The SMILES string of the molecule is CNCCC1CCN(C(=O)c2cc([N+](=O)[O-])ccc2OC)CC1. The van der Waals surface area contributed by atoms with Crippen LogP contribution in [0.5, 0.6) is 5.75 Å². The van der Waals surface area contributed by atoms with Crippen molar-refractivity contribution >= 4 is 11.6 Å². The first-order chi connectivity index (χ1) is 11.1. The van der Waals surface area contributed by atoms with E-state index in [2.05, 4.69) is 5.32 Å². The first-order valence-electron chi connectivity index (χ1n) is 7.83. The van der Waals surface area contributed by atoms with E-state index in [4.69, 9.17) is 4.74 Å². The fraction of sp³-hybridized carbons (Fsp3) is 0.562. The maximum absolute atomic E-state index is 12.7. The predicted molar refractivity (Wildman–Crippen MR) is 86.8 cm³/mol. The van der Waals surface area contributed by atoms with Crippen LogP contribution in [0.4, 0.5) is 5.69 Å². The van der Waals surface area contributed by atoms with Crippen LogP contribution in [0.3, 0.4) is 0 Å². The summed E-state index contributed by atoms with van der Waals surface area (Å²) < 4.78 is 5.19. The van der Waals surface area contributed by atoms with Crippen molar-refractivity contribution in [1.29, 1.82) is 0 Å². The highest BCUT2D eigenvalue weighted by molar-refractivity contribution is 5.97. The van der Waals surface area contributed by atoms with E-state index in [1.54, 1.807) is 4.90 Å². The highest BCUT2D eigenvalue weighted by atomic mass is 16.6. The lowest BCUT2D eigenvalue weighted by Gasteiger charge is -2.32. The van der Waals surface area contributed by atoms with Crippen LogP contribution < -0.4 is 10.1 Å². The number of non-ortho nitro benzene ring substituents is 1. The summed E-state index contributed by atoms with van der Waals surface area (Å²) in [6, 6.07) is 4.12. The molecule has 1 N–H and O–H groups in total. The molecule has 1 heterocycles. The molecule has 1 saturated heterocycles. The van der Waals surface area contributed by atoms with Crippen molar-refractivity contribution in [3.8, 4) is 5.75 Å². The number of nitro groups is 1. The average Bonchev–Trinajstić information content (AvgIpc) is 2.59. The number of amides is 1. The minimum Gasteiger partial charge on any atom is -0.496 e. The third kappa shape index (κ3) is 4.19. The first kappa shape index (κ1) is 17.2. The van der Waals surface area contributed by atoms with Gasteiger partial charge in [0.1, 0.15) is 5.75 Å². The molecule has 0 aliphatic carbocycles. The fourth-order valence-corrected chi connectivity index (χ4v) is 2.92. The van der Waals surface area contributed by atoms with E-state index in [9.17, 15) is 14.9 Å². The third-order valence-electron chi connectivity index (χ3n) is 4.33. The lowest BCUT2D eigenvalue weighted by Crippen LogP contribution is -2.39. The third-order valence-corrected chi connectivity index (χ3v) is 4.33. The zero-order chi connectivity index (χ0) is 16.8. The first-order valence-corrected chi connectivity index (χ1v) is 7.83. The molecule has 1 aromatic rings. The van der Waals surface area contributed by atoms with E-state index in [-0.39, 0.29) is 17.2 Å². The molecular weight excluding hydrogens is 298 g/mol. The number of carbonyl (C=O) groups is 1. The van der Waals surface area contributed by atoms with Gasteiger partial charge in [0.25, 0.3) is 11.6 Å². The molecule has 7 heteroatoms. The minimum absolute atomic E-state index is 0.0990. The van der Waals surface area contributed by atoms with Gasteiger partial charge in [0.15, 0.2) is 0 Å². The summed E-state index contributed by atoms with van der Waals surface area (Å²) in [7, 11) is 3.40. The van der Waals surface area contributed by atoms with E-state index in [0.717, 1.165) is 25.8 Å². The van der Waals surface area contributed by atoms with Gasteiger partial charge in [0.2, 0.25) is 0 Å². The summed E-state index contributed by atoms with van der Waals surface area (Å²) in [5.41, 5.74) is 0.161. The van der Waals surface area contributed by atoms with Crippen molar-refractivity contribution in [1.82, 2.24) is 10.2 Å². The molecule has 0 unspecified atom stereocenters. The van der Waals surface area contributed by atoms with Crippen LogP contribution in [-0.4, -0.2) is 49.5 Å².